The molecule has 0 fully saturated rings. The predicted octanol–water partition coefficient (Wildman–Crippen LogP) is 5.95. The highest BCUT2D eigenvalue weighted by Crippen LogP contribution is 2.40. The molecule has 0 aliphatic rings. The molecule has 5 nitrogen and oxygen atoms in total. The van der Waals surface area contributed by atoms with E-state index in [1.807, 2.05) is 0 Å². The lowest BCUT2D eigenvalue weighted by molar-refractivity contribution is 0.316. The van der Waals surface area contributed by atoms with Crippen molar-refractivity contribution in [3.05, 3.63) is 35.7 Å². The summed E-state index contributed by atoms with van der Waals surface area (Å²) in [6.45, 7) is 7.54. The van der Waals surface area contributed by atoms with E-state index >= 15 is 0 Å². The summed E-state index contributed by atoms with van der Waals surface area (Å²) >= 11 is 35.9. The molecular weight excluding hydrogens is 487 g/mol. The number of nitrogens with one attached hydrogen (secondary N) is 1. The molecule has 1 N–H and O–H groups in total. The largest absolute Gasteiger partial charge is 0.353 e. The molecule has 2 rings (SSSR count). The van der Waals surface area contributed by atoms with Gasteiger partial charge in [0.15, 0.2) is 11.6 Å². The van der Waals surface area contributed by atoms with Crippen LogP contribution in [0.15, 0.2) is 24.3 Å². The van der Waals surface area contributed by atoms with Crippen LogP contribution >= 0.6 is 69.6 Å². The van der Waals surface area contributed by atoms with E-state index in [2.05, 4.69) is 39.0 Å². The summed E-state index contributed by atoms with van der Waals surface area (Å²) in [7, 11) is 0. The standard InChI is InChI=1S/C17H19Cl6N5/c1-3-28(4-2)9-8-24-15-26-13(25-14(27-15)17(21,22)23)11-6-5-7-12(10-11)16(18,19)20/h5-7,10H,3-4,8-9H2,1-2H3,(H,24,25,26,27). The number of aromatic nitrogens is 3. The van der Waals surface area contributed by atoms with Crippen LogP contribution in [0.5, 0.6) is 0 Å². The number of anilines is 1. The lowest BCUT2D eigenvalue weighted by Crippen LogP contribution is -2.29. The quantitative estimate of drug-likeness (QED) is 0.471. The first-order chi connectivity index (χ1) is 13.0. The van der Waals surface area contributed by atoms with Gasteiger partial charge in [0.1, 0.15) is 0 Å². The molecule has 0 aliphatic carbocycles. The third kappa shape index (κ3) is 6.91. The molecule has 1 heterocycles. The van der Waals surface area contributed by atoms with E-state index in [0.717, 1.165) is 19.6 Å². The lowest BCUT2D eigenvalue weighted by Gasteiger charge is -2.18. The smallest absolute Gasteiger partial charge is 0.250 e. The zero-order valence-electron chi connectivity index (χ0n) is 15.2. The Morgan fingerprint density at radius 1 is 0.929 bits per heavy atom. The van der Waals surface area contributed by atoms with Gasteiger partial charge in [0, 0.05) is 24.2 Å². The molecule has 28 heavy (non-hydrogen) atoms. The molecule has 1 aromatic heterocycles. The Kier molecular flexibility index (Phi) is 8.71. The molecule has 2 aromatic rings. The minimum atomic E-state index is -1.81. The van der Waals surface area contributed by atoms with Crippen LogP contribution in [0, 0.1) is 0 Å². The maximum Gasteiger partial charge on any atom is 0.250 e. The van der Waals surface area contributed by atoms with Gasteiger partial charge in [-0.25, -0.2) is 4.98 Å². The Balaban J connectivity index is 2.36. The van der Waals surface area contributed by atoms with Gasteiger partial charge in [-0.3, -0.25) is 0 Å². The Morgan fingerprint density at radius 3 is 2.18 bits per heavy atom. The number of nitrogens with zero attached hydrogens (tertiary/aromatic N) is 4. The number of hydrogen-bond donors (Lipinski definition) is 1. The fourth-order valence-electron chi connectivity index (χ4n) is 2.41. The number of likely N-dealkylation sites (N-methyl/N-ethyl adjacent to an activating group) is 1. The van der Waals surface area contributed by atoms with Crippen LogP contribution in [-0.2, 0) is 7.59 Å². The highest BCUT2D eigenvalue weighted by molar-refractivity contribution is 6.67. The van der Waals surface area contributed by atoms with Crippen molar-refractivity contribution in [3.63, 3.8) is 0 Å². The van der Waals surface area contributed by atoms with E-state index in [9.17, 15) is 0 Å². The van der Waals surface area contributed by atoms with Gasteiger partial charge in [0.05, 0.1) is 0 Å². The van der Waals surface area contributed by atoms with Gasteiger partial charge in [0.25, 0.3) is 0 Å². The molecular formula is C17H19Cl6N5. The molecule has 0 spiro atoms. The van der Waals surface area contributed by atoms with Crippen molar-refractivity contribution in [2.75, 3.05) is 31.5 Å². The Morgan fingerprint density at radius 2 is 1.61 bits per heavy atom. The first-order valence-electron chi connectivity index (χ1n) is 8.51. The fraction of sp³-hybridized carbons (Fsp3) is 0.471. The summed E-state index contributed by atoms with van der Waals surface area (Å²) < 4.78 is -3.38. The first kappa shape index (κ1) is 24.0. The molecule has 0 atom stereocenters. The monoisotopic (exact) mass is 503 g/mol. The molecule has 11 heteroatoms. The molecule has 0 saturated carbocycles. The van der Waals surface area contributed by atoms with Gasteiger partial charge < -0.3 is 10.2 Å². The van der Waals surface area contributed by atoms with Crippen LogP contribution in [-0.4, -0.2) is 46.0 Å². The van der Waals surface area contributed by atoms with Crippen LogP contribution in [0.2, 0.25) is 0 Å². The van der Waals surface area contributed by atoms with E-state index < -0.39 is 7.59 Å². The maximum absolute atomic E-state index is 6.00. The summed E-state index contributed by atoms with van der Waals surface area (Å²) in [5.41, 5.74) is 1.08. The molecule has 0 unspecified atom stereocenters. The zero-order valence-corrected chi connectivity index (χ0v) is 19.7. The van der Waals surface area contributed by atoms with E-state index in [0.29, 0.717) is 29.4 Å². The van der Waals surface area contributed by atoms with E-state index in [1.165, 1.54) is 0 Å². The van der Waals surface area contributed by atoms with Crippen molar-refractivity contribution in [1.82, 2.24) is 19.9 Å². The van der Waals surface area contributed by atoms with Gasteiger partial charge in [-0.2, -0.15) is 9.97 Å². The van der Waals surface area contributed by atoms with Crippen molar-refractivity contribution < 1.29 is 0 Å². The molecule has 0 saturated heterocycles. The van der Waals surface area contributed by atoms with E-state index in [-0.39, 0.29) is 5.82 Å². The minimum absolute atomic E-state index is 0.00660. The van der Waals surface area contributed by atoms with E-state index in [1.54, 1.807) is 24.3 Å². The number of rotatable bonds is 7. The fourth-order valence-corrected chi connectivity index (χ4v) is 3.02. The summed E-state index contributed by atoms with van der Waals surface area (Å²) in [5.74, 6) is 0.614. The van der Waals surface area contributed by atoms with Crippen LogP contribution in [0.25, 0.3) is 11.4 Å². The summed E-state index contributed by atoms with van der Waals surface area (Å²) in [6, 6.07) is 6.87. The number of halogens is 6. The molecule has 0 aliphatic heterocycles. The van der Waals surface area contributed by atoms with Crippen molar-refractivity contribution in [3.8, 4) is 11.4 Å². The first-order valence-corrected chi connectivity index (χ1v) is 10.8. The Bertz CT molecular complexity index is 786. The third-order valence-electron chi connectivity index (χ3n) is 3.94. The van der Waals surface area contributed by atoms with Gasteiger partial charge in [-0.15, -0.1) is 0 Å². The normalized spacial score (nSPS) is 12.5. The maximum atomic E-state index is 6.00. The lowest BCUT2D eigenvalue weighted by atomic mass is 10.1. The van der Waals surface area contributed by atoms with Crippen molar-refractivity contribution in [2.24, 2.45) is 0 Å². The molecule has 0 amide bonds. The van der Waals surface area contributed by atoms with Crippen molar-refractivity contribution in [2.45, 2.75) is 21.4 Å². The minimum Gasteiger partial charge on any atom is -0.353 e. The van der Waals surface area contributed by atoms with Gasteiger partial charge in [-0.05, 0) is 19.2 Å². The topological polar surface area (TPSA) is 53.9 Å². The molecule has 1 aromatic carbocycles. The van der Waals surface area contributed by atoms with Crippen LogP contribution < -0.4 is 5.32 Å². The second-order valence-corrected chi connectivity index (χ2v) is 10.4. The summed E-state index contributed by atoms with van der Waals surface area (Å²) in [6.07, 6.45) is 0. The Labute approximate surface area is 194 Å². The average Bonchev–Trinajstić information content (AvgIpc) is 2.64. The van der Waals surface area contributed by atoms with Crippen LogP contribution in [0.4, 0.5) is 5.95 Å². The average molecular weight is 506 g/mol. The van der Waals surface area contributed by atoms with Crippen LogP contribution in [0.3, 0.4) is 0 Å². The van der Waals surface area contributed by atoms with Crippen molar-refractivity contribution in [1.29, 1.82) is 0 Å². The van der Waals surface area contributed by atoms with Gasteiger partial charge in [0.2, 0.25) is 13.5 Å². The second-order valence-electron chi connectivity index (χ2n) is 5.84. The van der Waals surface area contributed by atoms with Crippen LogP contribution in [0.1, 0.15) is 25.2 Å². The third-order valence-corrected chi connectivity index (χ3v) is 5.10. The summed E-state index contributed by atoms with van der Waals surface area (Å²) in [5, 5.41) is 3.15. The highest BCUT2D eigenvalue weighted by atomic mass is 35.6. The number of hydrogen-bond acceptors (Lipinski definition) is 5. The Hall–Kier alpha value is -0.270. The second kappa shape index (κ2) is 10.2. The van der Waals surface area contributed by atoms with Gasteiger partial charge >= 0.3 is 0 Å². The predicted molar refractivity (Wildman–Crippen MR) is 120 cm³/mol. The SMILES string of the molecule is CCN(CC)CCNc1nc(-c2cccc(C(Cl)(Cl)Cl)c2)nc(C(Cl)(Cl)Cl)n1. The van der Waals surface area contributed by atoms with Gasteiger partial charge in [-0.1, -0.05) is 102 Å². The molecule has 0 bridgehead atoms. The zero-order chi connectivity index (χ0) is 20.9. The summed E-state index contributed by atoms with van der Waals surface area (Å²) in [4.78, 5) is 15.2. The number of alkyl halides is 6. The number of benzene rings is 1. The highest BCUT2D eigenvalue weighted by Gasteiger charge is 2.29. The van der Waals surface area contributed by atoms with Crippen molar-refractivity contribution >= 4 is 75.6 Å². The molecule has 154 valence electrons. The van der Waals surface area contributed by atoms with E-state index in [4.69, 9.17) is 69.6 Å². The molecule has 0 radical (unpaired) electrons.